The van der Waals surface area contributed by atoms with Crippen LogP contribution in [0, 0.1) is 0 Å². The molecule has 3 rings (SSSR count). The molecule has 0 heterocycles. The van der Waals surface area contributed by atoms with Gasteiger partial charge in [0.1, 0.15) is 11.8 Å². The molecule has 0 fully saturated rings. The Bertz CT molecular complexity index is 1120. The normalized spacial score (nSPS) is 11.7. The molecular formula is C31H37ClN2O3. The predicted molar refractivity (Wildman–Crippen MR) is 150 cm³/mol. The van der Waals surface area contributed by atoms with Crippen molar-refractivity contribution in [2.75, 3.05) is 13.2 Å². The van der Waals surface area contributed by atoms with Crippen molar-refractivity contribution < 1.29 is 14.3 Å². The average molecular weight is 521 g/mol. The topological polar surface area (TPSA) is 58.6 Å². The molecule has 2 amide bonds. The molecule has 3 aromatic carbocycles. The fourth-order valence-electron chi connectivity index (χ4n) is 4.02. The van der Waals surface area contributed by atoms with Crippen molar-refractivity contribution in [2.24, 2.45) is 0 Å². The van der Waals surface area contributed by atoms with Gasteiger partial charge in [0.15, 0.2) is 6.61 Å². The summed E-state index contributed by atoms with van der Waals surface area (Å²) in [4.78, 5) is 28.7. The summed E-state index contributed by atoms with van der Waals surface area (Å²) in [6.45, 7) is 7.02. The third kappa shape index (κ3) is 8.94. The summed E-state index contributed by atoms with van der Waals surface area (Å²) < 4.78 is 5.87. The highest BCUT2D eigenvalue weighted by Crippen LogP contribution is 2.20. The first kappa shape index (κ1) is 28.3. The zero-order valence-electron chi connectivity index (χ0n) is 22.0. The van der Waals surface area contributed by atoms with E-state index >= 15 is 0 Å². The van der Waals surface area contributed by atoms with Crippen LogP contribution in [0.25, 0.3) is 0 Å². The monoisotopic (exact) mass is 520 g/mol. The molecule has 0 radical (unpaired) electrons. The Kier molecular flexibility index (Phi) is 11.0. The van der Waals surface area contributed by atoms with Crippen molar-refractivity contribution in [1.29, 1.82) is 0 Å². The highest BCUT2D eigenvalue weighted by atomic mass is 35.5. The minimum absolute atomic E-state index is 0.165. The number of rotatable bonds is 13. The maximum absolute atomic E-state index is 13.6. The van der Waals surface area contributed by atoms with Gasteiger partial charge in [-0.1, -0.05) is 93.4 Å². The Morgan fingerprint density at radius 3 is 2.22 bits per heavy atom. The van der Waals surface area contributed by atoms with Crippen molar-refractivity contribution in [2.45, 2.75) is 58.5 Å². The van der Waals surface area contributed by atoms with E-state index in [0.29, 0.717) is 29.7 Å². The van der Waals surface area contributed by atoms with Crippen LogP contribution in [0.1, 0.15) is 56.2 Å². The molecular weight excluding hydrogens is 484 g/mol. The molecule has 0 aliphatic heterocycles. The molecule has 1 atom stereocenters. The van der Waals surface area contributed by atoms with E-state index in [0.717, 1.165) is 24.0 Å². The van der Waals surface area contributed by atoms with Crippen LogP contribution in [0.4, 0.5) is 0 Å². The first-order valence-corrected chi connectivity index (χ1v) is 13.3. The third-order valence-corrected chi connectivity index (χ3v) is 6.53. The molecule has 5 nitrogen and oxygen atoms in total. The molecule has 0 aliphatic rings. The third-order valence-electron chi connectivity index (χ3n) is 6.28. The number of nitrogens with one attached hydrogen (secondary N) is 1. The molecule has 6 heteroatoms. The molecule has 0 saturated heterocycles. The second-order valence-corrected chi connectivity index (χ2v) is 9.95. The van der Waals surface area contributed by atoms with Gasteiger partial charge in [0, 0.05) is 24.5 Å². The van der Waals surface area contributed by atoms with Crippen LogP contribution in [0.3, 0.4) is 0 Å². The zero-order chi connectivity index (χ0) is 26.6. The number of ether oxygens (including phenoxy) is 1. The van der Waals surface area contributed by atoms with E-state index in [9.17, 15) is 9.59 Å². The lowest BCUT2D eigenvalue weighted by Gasteiger charge is -2.31. The van der Waals surface area contributed by atoms with Gasteiger partial charge >= 0.3 is 0 Å². The van der Waals surface area contributed by atoms with Gasteiger partial charge in [-0.2, -0.15) is 0 Å². The quantitative estimate of drug-likeness (QED) is 0.265. The van der Waals surface area contributed by atoms with Crippen molar-refractivity contribution in [3.8, 4) is 5.75 Å². The number of carbonyl (C=O) groups excluding carboxylic acids is 2. The van der Waals surface area contributed by atoms with E-state index in [4.69, 9.17) is 16.3 Å². The lowest BCUT2D eigenvalue weighted by Crippen LogP contribution is -2.51. The molecule has 37 heavy (non-hydrogen) atoms. The highest BCUT2D eigenvalue weighted by molar-refractivity contribution is 6.30. The van der Waals surface area contributed by atoms with Gasteiger partial charge in [0.25, 0.3) is 5.91 Å². The predicted octanol–water partition coefficient (Wildman–Crippen LogP) is 6.40. The number of unbranched alkanes of at least 4 members (excludes halogenated alkanes) is 1. The van der Waals surface area contributed by atoms with E-state index in [1.165, 1.54) is 5.56 Å². The second-order valence-electron chi connectivity index (χ2n) is 9.51. The first-order valence-electron chi connectivity index (χ1n) is 13.0. The van der Waals surface area contributed by atoms with Crippen molar-refractivity contribution in [3.63, 3.8) is 0 Å². The van der Waals surface area contributed by atoms with Crippen molar-refractivity contribution in [1.82, 2.24) is 10.2 Å². The number of hydrogen-bond donors (Lipinski definition) is 1. The van der Waals surface area contributed by atoms with E-state index in [-0.39, 0.29) is 25.0 Å². The maximum Gasteiger partial charge on any atom is 0.261 e. The molecule has 0 unspecified atom stereocenters. The summed E-state index contributed by atoms with van der Waals surface area (Å²) in [5.74, 6) is 0.613. The summed E-state index contributed by atoms with van der Waals surface area (Å²) in [7, 11) is 0. The SMILES string of the molecule is CCCCNC(=O)[C@@H](Cc1ccccc1)N(Cc1ccc(Cl)cc1)C(=O)COc1ccc(C(C)C)cc1. The lowest BCUT2D eigenvalue weighted by atomic mass is 10.0. The molecule has 0 aromatic heterocycles. The average Bonchev–Trinajstić information content (AvgIpc) is 2.91. The Hall–Kier alpha value is -3.31. The van der Waals surface area contributed by atoms with Crippen LogP contribution in [0.5, 0.6) is 5.75 Å². The van der Waals surface area contributed by atoms with Gasteiger partial charge in [-0.25, -0.2) is 0 Å². The van der Waals surface area contributed by atoms with Crippen LogP contribution < -0.4 is 10.1 Å². The van der Waals surface area contributed by atoms with Gasteiger partial charge in [0.2, 0.25) is 5.91 Å². The Morgan fingerprint density at radius 1 is 0.919 bits per heavy atom. The van der Waals surface area contributed by atoms with Crippen LogP contribution in [-0.2, 0) is 22.6 Å². The zero-order valence-corrected chi connectivity index (χ0v) is 22.7. The van der Waals surface area contributed by atoms with Gasteiger partial charge < -0.3 is 15.0 Å². The van der Waals surface area contributed by atoms with Gasteiger partial charge in [-0.15, -0.1) is 0 Å². The molecule has 0 spiro atoms. The Labute approximate surface area is 225 Å². The van der Waals surface area contributed by atoms with Crippen molar-refractivity contribution in [3.05, 3.63) is 101 Å². The van der Waals surface area contributed by atoms with Crippen molar-refractivity contribution >= 4 is 23.4 Å². The number of carbonyl (C=O) groups is 2. The van der Waals surface area contributed by atoms with E-state index < -0.39 is 6.04 Å². The minimum atomic E-state index is -0.686. The molecule has 0 aliphatic carbocycles. The number of hydrogen-bond acceptors (Lipinski definition) is 3. The molecule has 3 aromatic rings. The van der Waals surface area contributed by atoms with E-state index in [1.807, 2.05) is 66.7 Å². The number of amides is 2. The fraction of sp³-hybridized carbons (Fsp3) is 0.355. The lowest BCUT2D eigenvalue weighted by molar-refractivity contribution is -0.142. The molecule has 0 saturated carbocycles. The number of nitrogens with zero attached hydrogens (tertiary/aromatic N) is 1. The summed E-state index contributed by atoms with van der Waals surface area (Å²) in [5.41, 5.74) is 3.07. The second kappa shape index (κ2) is 14.4. The smallest absolute Gasteiger partial charge is 0.261 e. The maximum atomic E-state index is 13.6. The van der Waals surface area contributed by atoms with E-state index in [1.54, 1.807) is 17.0 Å². The van der Waals surface area contributed by atoms with E-state index in [2.05, 4.69) is 26.1 Å². The largest absolute Gasteiger partial charge is 0.484 e. The molecule has 196 valence electrons. The van der Waals surface area contributed by atoms with Crippen LogP contribution >= 0.6 is 11.6 Å². The first-order chi connectivity index (χ1) is 17.9. The fourth-order valence-corrected chi connectivity index (χ4v) is 4.15. The highest BCUT2D eigenvalue weighted by Gasteiger charge is 2.30. The molecule has 0 bridgehead atoms. The van der Waals surface area contributed by atoms with Crippen LogP contribution in [0.15, 0.2) is 78.9 Å². The Balaban J connectivity index is 1.85. The minimum Gasteiger partial charge on any atom is -0.484 e. The standard InChI is InChI=1S/C31H37ClN2O3/c1-4-5-19-33-31(36)29(20-24-9-7-6-8-10-24)34(21-25-11-15-27(32)16-12-25)30(35)22-37-28-17-13-26(14-18-28)23(2)3/h6-18,23,29H,4-5,19-22H2,1-3H3,(H,33,36)/t29-/m1/s1. The van der Waals surface area contributed by atoms with Crippen LogP contribution in [-0.4, -0.2) is 35.9 Å². The number of benzene rings is 3. The Morgan fingerprint density at radius 2 is 1.59 bits per heavy atom. The van der Waals surface area contributed by atoms with Crippen LogP contribution in [0.2, 0.25) is 5.02 Å². The summed E-state index contributed by atoms with van der Waals surface area (Å²) >= 11 is 6.09. The summed E-state index contributed by atoms with van der Waals surface area (Å²) in [5, 5.41) is 3.65. The van der Waals surface area contributed by atoms with Gasteiger partial charge in [-0.05, 0) is 53.3 Å². The number of halogens is 1. The summed E-state index contributed by atoms with van der Waals surface area (Å²) in [6, 6.07) is 24.2. The van der Waals surface area contributed by atoms with Gasteiger partial charge in [0.05, 0.1) is 0 Å². The van der Waals surface area contributed by atoms with Gasteiger partial charge in [-0.3, -0.25) is 9.59 Å². The molecule has 1 N–H and O–H groups in total. The summed E-state index contributed by atoms with van der Waals surface area (Å²) in [6.07, 6.45) is 2.26.